The second-order valence-electron chi connectivity index (χ2n) is 33.5. The first-order chi connectivity index (χ1) is 59.5. The number of rotatable bonds is 42. The molecule has 2 aliphatic heterocycles. The molecule has 12 atom stereocenters. The lowest BCUT2D eigenvalue weighted by atomic mass is 9.79. The molecule has 126 heavy (non-hydrogen) atoms. The van der Waals surface area contributed by atoms with Crippen LogP contribution in [0.15, 0.2) is 97.2 Å². The predicted octanol–water partition coefficient (Wildman–Crippen LogP) is 1.43. The topological polar surface area (TPSA) is 600 Å². The van der Waals surface area contributed by atoms with Crippen LogP contribution in [0, 0.1) is 29.6 Å². The van der Waals surface area contributed by atoms with Gasteiger partial charge in [-0.15, -0.1) is 0 Å². The highest BCUT2D eigenvalue weighted by atomic mass is 33.1. The first kappa shape index (κ1) is 102. The maximum Gasteiger partial charge on any atom is 0.245 e. The summed E-state index contributed by atoms with van der Waals surface area (Å²) in [7, 11) is 3.68. The van der Waals surface area contributed by atoms with Gasteiger partial charge in [0.15, 0.2) is 28.9 Å². The largest absolute Gasteiger partial charge is 0.492 e. The van der Waals surface area contributed by atoms with Crippen LogP contribution in [0.1, 0.15) is 161 Å². The number of primary amides is 5. The second kappa shape index (κ2) is 47.7. The summed E-state index contributed by atoms with van der Waals surface area (Å²) >= 11 is 0. The summed E-state index contributed by atoms with van der Waals surface area (Å²) in [5.74, 6) is -23.1. The average molecular weight is 1790 g/mol. The van der Waals surface area contributed by atoms with Crippen molar-refractivity contribution in [2.24, 2.45) is 58.3 Å². The van der Waals surface area contributed by atoms with Crippen LogP contribution in [0.2, 0.25) is 0 Å². The van der Waals surface area contributed by atoms with Crippen LogP contribution in [0.5, 0.6) is 5.75 Å². The molecule has 0 aliphatic carbocycles. The highest BCUT2D eigenvalue weighted by molar-refractivity contribution is 8.77. The third kappa shape index (κ3) is 31.0. The van der Waals surface area contributed by atoms with Gasteiger partial charge in [0.25, 0.3) is 0 Å². The first-order valence-corrected chi connectivity index (χ1v) is 44.1. The van der Waals surface area contributed by atoms with Gasteiger partial charge < -0.3 is 96.1 Å². The van der Waals surface area contributed by atoms with Gasteiger partial charge in [0.1, 0.15) is 36.0 Å². The molecule has 4 aromatic carbocycles. The Bertz CT molecular complexity index is 4800. The van der Waals surface area contributed by atoms with E-state index in [-0.39, 0.29) is 77.2 Å². The monoisotopic (exact) mass is 1790 g/mol. The number of carbonyl (C=O) groups is 18. The van der Waals surface area contributed by atoms with Gasteiger partial charge in [-0.3, -0.25) is 86.3 Å². The number of ether oxygens (including phenoxy) is 2. The molecule has 38 heteroatoms. The summed E-state index contributed by atoms with van der Waals surface area (Å²) < 4.78 is 8.72. The zero-order valence-corrected chi connectivity index (χ0v) is 73.9. The number of benzene rings is 4. The number of hydrogen-bond donors (Lipinski definition) is 16. The van der Waals surface area contributed by atoms with Crippen LogP contribution in [-0.2, 0) is 110 Å². The normalized spacial score (nSPS) is 20.3. The van der Waals surface area contributed by atoms with E-state index in [0.29, 0.717) is 46.3 Å². The van der Waals surface area contributed by atoms with Crippen LogP contribution in [0.25, 0.3) is 21.7 Å². The van der Waals surface area contributed by atoms with E-state index in [0.717, 1.165) is 46.2 Å². The van der Waals surface area contributed by atoms with Gasteiger partial charge in [0.2, 0.25) is 76.8 Å². The van der Waals surface area contributed by atoms with E-state index in [1.807, 2.05) is 36.4 Å². The number of hydrogen-bond acceptors (Lipinski definition) is 24. The molecule has 0 saturated carbocycles. The summed E-state index contributed by atoms with van der Waals surface area (Å²) in [4.78, 5) is 259. The first-order valence-electron chi connectivity index (χ1n) is 41.9. The molecule has 0 bridgehead atoms. The number of fused-ring (bicyclic) bond motifs is 2. The van der Waals surface area contributed by atoms with Crippen LogP contribution < -0.4 is 81.3 Å². The molecular weight excluding hydrogens is 1670 g/mol. The summed E-state index contributed by atoms with van der Waals surface area (Å²) in [6, 6.07) is 16.2. The number of aliphatic hydroxyl groups excluding tert-OH is 1. The van der Waals surface area contributed by atoms with E-state index in [4.69, 9.17) is 38.1 Å². The van der Waals surface area contributed by atoms with Gasteiger partial charge in [0, 0.05) is 149 Å². The molecule has 12 unspecified atom stereocenters. The van der Waals surface area contributed by atoms with Crippen molar-refractivity contribution in [2.45, 2.75) is 221 Å². The number of ketones is 5. The third-order valence-corrected chi connectivity index (χ3v) is 26.7. The van der Waals surface area contributed by atoms with Gasteiger partial charge in [0.05, 0.1) is 48.4 Å². The van der Waals surface area contributed by atoms with Crippen LogP contribution in [-0.4, -0.2) is 213 Å². The number of likely N-dealkylation sites (N-methyl/N-ethyl adjacent to an activating group) is 1. The number of aromatic amines is 1. The molecule has 21 N–H and O–H groups in total. The van der Waals surface area contributed by atoms with E-state index in [1.165, 1.54) is 6.92 Å². The molecule has 684 valence electrons. The number of H-pyrrole nitrogens is 1. The Morgan fingerprint density at radius 2 is 1.25 bits per heavy atom. The van der Waals surface area contributed by atoms with Crippen molar-refractivity contribution in [3.8, 4) is 5.75 Å². The maximum atomic E-state index is 16.3. The third-order valence-electron chi connectivity index (χ3n) is 22.5. The van der Waals surface area contributed by atoms with Gasteiger partial charge in [-0.05, 0) is 119 Å². The predicted molar refractivity (Wildman–Crippen MR) is 470 cm³/mol. The minimum Gasteiger partial charge on any atom is -0.492 e. The van der Waals surface area contributed by atoms with Crippen LogP contribution in [0.3, 0.4) is 0 Å². The Labute approximate surface area is 738 Å². The zero-order chi connectivity index (χ0) is 92.9. The molecule has 0 radical (unpaired) electrons. The molecule has 5 aromatic rings. The van der Waals surface area contributed by atoms with Crippen LogP contribution >= 0.6 is 21.6 Å². The van der Waals surface area contributed by atoms with Crippen molar-refractivity contribution in [1.82, 2.24) is 52.8 Å². The quantitative estimate of drug-likeness (QED) is 0.0194. The number of unbranched alkanes of at least 4 members (excludes halogenated alkanes) is 1. The Balaban J connectivity index is 1.35. The fourth-order valence-electron chi connectivity index (χ4n) is 15.3. The van der Waals surface area contributed by atoms with Gasteiger partial charge in [-0.2, -0.15) is 0 Å². The number of aromatic nitrogens is 1. The van der Waals surface area contributed by atoms with E-state index >= 15 is 28.8 Å². The van der Waals surface area contributed by atoms with Gasteiger partial charge in [-0.1, -0.05) is 101 Å². The van der Waals surface area contributed by atoms with Crippen molar-refractivity contribution >= 4 is 149 Å². The molecular formula is C88H119N15O21S2. The Morgan fingerprint density at radius 3 is 1.88 bits per heavy atom. The zero-order valence-electron chi connectivity index (χ0n) is 72.2. The van der Waals surface area contributed by atoms with Crippen LogP contribution in [0.4, 0.5) is 0 Å². The molecule has 2 aliphatic rings. The van der Waals surface area contributed by atoms with Gasteiger partial charge >= 0.3 is 0 Å². The van der Waals surface area contributed by atoms with E-state index in [1.54, 1.807) is 95.5 Å². The lowest BCUT2D eigenvalue weighted by molar-refractivity contribution is -0.141. The number of carbonyl (C=O) groups excluding carboxylic acids is 18. The Hall–Kier alpha value is -11.5. The summed E-state index contributed by atoms with van der Waals surface area (Å²) in [6.45, 7) is 10.6. The molecule has 1 aromatic heterocycles. The SMILES string of the molecule is CNCCOc1ccc(CC(NC(=O)C2CC(=O)C(CCC(N)=O)NC(=O)C(Cc3c[nH]c4ccccc34)NC(=O)C(C(C)O)NC(=O)C(CC(N)=O)CC(=O)C(NC(C)=O)C(C)(C)SSC2(C)C)C(=O)CC(Cc2ccc3ccccc3c2)C(=O)NC2(C(=O)CC(CCCCNC(C)=O)C(=O)NC(CC(N)=O)C(=O)CC(CC(N)=O)C(N)=O)CCOCC2)cc1. The lowest BCUT2D eigenvalue weighted by Crippen LogP contribution is -2.60. The molecule has 13 amide bonds. The van der Waals surface area contributed by atoms with Crippen molar-refractivity contribution in [3.05, 3.63) is 114 Å². The molecule has 7 rings (SSSR count). The minimum absolute atomic E-state index is 0.0717. The van der Waals surface area contributed by atoms with Crippen molar-refractivity contribution < 1.29 is 101 Å². The molecule has 36 nitrogen and oxygen atoms in total. The Kier molecular flexibility index (Phi) is 38.5. The summed E-state index contributed by atoms with van der Waals surface area (Å²) in [5.41, 5.74) is 28.1. The Morgan fingerprint density at radius 1 is 0.611 bits per heavy atom. The lowest BCUT2D eigenvalue weighted by Gasteiger charge is -2.39. The smallest absolute Gasteiger partial charge is 0.245 e. The minimum atomic E-state index is -1.89. The van der Waals surface area contributed by atoms with E-state index in [2.05, 4.69) is 52.8 Å². The fourth-order valence-corrected chi connectivity index (χ4v) is 18.2. The number of aliphatic hydroxyl groups is 1. The van der Waals surface area contributed by atoms with E-state index in [9.17, 15) is 62.6 Å². The van der Waals surface area contributed by atoms with Crippen molar-refractivity contribution in [2.75, 3.05) is 40.0 Å². The fraction of sp³-hybridized carbons (Fsp3) is 0.523. The molecule has 2 fully saturated rings. The summed E-state index contributed by atoms with van der Waals surface area (Å²) in [5, 5.41) is 38.0. The average Bonchev–Trinajstić information content (AvgIpc) is 0.955. The number of Topliss-reactive ketones (excluding diaryl/α,β-unsaturated/α-hetero) is 5. The van der Waals surface area contributed by atoms with Gasteiger partial charge in [-0.25, -0.2) is 0 Å². The molecule has 0 spiro atoms. The maximum absolute atomic E-state index is 16.3. The highest BCUT2D eigenvalue weighted by Crippen LogP contribution is 2.50. The number of nitrogens with one attached hydrogen (secondary N) is 10. The molecule has 2 saturated heterocycles. The highest BCUT2D eigenvalue weighted by Gasteiger charge is 2.48. The van der Waals surface area contributed by atoms with Crippen molar-refractivity contribution in [1.29, 1.82) is 0 Å². The number of amides is 13. The van der Waals surface area contributed by atoms with E-state index < -0.39 is 251 Å². The standard InChI is InChI=1S/C88H119N15O21S2/c1-48(104)77-85(122)101-67(38-59-47-96-63-19-12-11-18-61(59)63)84(121)98-64(26-27-73(89)112)70(109)45-62(86(4,5)125-126-87(6,7)78(97-50(3)106)71(110)41-58(44-75(91)114)81(118)102-77)83(120)100-65(37-51-21-24-60(25-22-51)124-34-31-94-8)69(108)40-57(36-52-20-23-53-15-9-10-16-54(53)35-52)82(119)103-88(28-32-123-33-29-88)72(111)42-55(17-13-14-30-95-49(2)105)80(117)99-66(46-76(92)115)68(107)39-56(79(93)116)43-74(90)113/h9-12,15-16,18-25,35,47-48,55-58,62,64-67,77-78,94,96,104H,13-14,17,26-34,36-46H2,1-8H3,(H2,89,112)(H2,90,113)(H2,91,114)(H2,92,115)(H2,93,116)(H,95,105)(H,97,106)(H,98,121)(H,99,117)(H,100,120)(H,101,122)(H,102,118)(H,103,119). The molecule has 3 heterocycles. The second-order valence-corrected chi connectivity index (χ2v) is 36.9. The van der Waals surface area contributed by atoms with Crippen molar-refractivity contribution in [3.63, 3.8) is 0 Å². The number of nitrogens with two attached hydrogens (primary N) is 5. The summed E-state index contributed by atoms with van der Waals surface area (Å²) in [6.07, 6.45) is -7.70. The number of para-hydroxylation sites is 1.